The molecule has 29 heavy (non-hydrogen) atoms. The molecule has 0 bridgehead atoms. The number of sulfone groups is 1. The van der Waals surface area contributed by atoms with Crippen LogP contribution in [0.3, 0.4) is 0 Å². The molecule has 154 valence electrons. The summed E-state index contributed by atoms with van der Waals surface area (Å²) in [7, 11) is -6.54. The van der Waals surface area contributed by atoms with Crippen molar-refractivity contribution in [1.82, 2.24) is 4.72 Å². The second kappa shape index (κ2) is 8.85. The van der Waals surface area contributed by atoms with E-state index in [2.05, 4.69) is 4.72 Å². The molecule has 2 aromatic carbocycles. The van der Waals surface area contributed by atoms with Gasteiger partial charge in [-0.25, -0.2) is 21.6 Å². The third-order valence-corrected chi connectivity index (χ3v) is 9.41. The summed E-state index contributed by atoms with van der Waals surface area (Å²) in [5.41, 5.74) is 0.488. The molecule has 1 heterocycles. The van der Waals surface area contributed by atoms with E-state index in [0.717, 1.165) is 11.3 Å². The molecular weight excluding hydrogens is 454 g/mol. The number of hydrogen-bond acceptors (Lipinski definition) is 6. The smallest absolute Gasteiger partial charge is 0.244 e. The zero-order valence-electron chi connectivity index (χ0n) is 15.3. The van der Waals surface area contributed by atoms with E-state index < -0.39 is 25.1 Å². The van der Waals surface area contributed by atoms with Gasteiger partial charge in [0.05, 0.1) is 7.11 Å². The molecule has 6 nitrogen and oxygen atoms in total. The molecule has 3 rings (SSSR count). The van der Waals surface area contributed by atoms with Gasteiger partial charge in [-0.05, 0) is 35.2 Å². The second-order valence-electron chi connectivity index (χ2n) is 6.02. The number of benzene rings is 2. The van der Waals surface area contributed by atoms with Crippen LogP contribution < -0.4 is 9.46 Å². The zero-order chi connectivity index (χ0) is 21.1. The Morgan fingerprint density at radius 3 is 2.38 bits per heavy atom. The number of ether oxygens (including phenoxy) is 1. The summed E-state index contributed by atoms with van der Waals surface area (Å²) < 4.78 is 59.7. The lowest BCUT2D eigenvalue weighted by Gasteiger charge is -2.19. The Balaban J connectivity index is 1.97. The van der Waals surface area contributed by atoms with Crippen LogP contribution in [-0.4, -0.2) is 30.5 Å². The largest absolute Gasteiger partial charge is 0.495 e. The van der Waals surface area contributed by atoms with Crippen LogP contribution in [0.5, 0.6) is 5.75 Å². The third-order valence-electron chi connectivity index (χ3n) is 4.20. The Kier molecular flexibility index (Phi) is 6.65. The van der Waals surface area contributed by atoms with Gasteiger partial charge in [-0.1, -0.05) is 48.0 Å². The molecule has 1 N–H and O–H groups in total. The third kappa shape index (κ3) is 4.81. The van der Waals surface area contributed by atoms with Crippen molar-refractivity contribution < 1.29 is 21.6 Å². The van der Waals surface area contributed by atoms with E-state index in [0.29, 0.717) is 5.56 Å². The molecular formula is C19H18ClNO5S3. The van der Waals surface area contributed by atoms with E-state index in [1.807, 2.05) is 0 Å². The van der Waals surface area contributed by atoms with Gasteiger partial charge in [-0.15, -0.1) is 11.3 Å². The van der Waals surface area contributed by atoms with Gasteiger partial charge in [-0.2, -0.15) is 0 Å². The van der Waals surface area contributed by atoms with Crippen molar-refractivity contribution in [3.05, 3.63) is 76.6 Å². The fraction of sp³-hybridized carbons (Fsp3) is 0.158. The number of nitrogens with one attached hydrogen (secondary N) is 1. The van der Waals surface area contributed by atoms with Gasteiger partial charge in [-0.3, -0.25) is 0 Å². The van der Waals surface area contributed by atoms with Gasteiger partial charge < -0.3 is 4.74 Å². The molecule has 0 saturated carbocycles. The van der Waals surface area contributed by atoms with Crippen molar-refractivity contribution in [2.45, 2.75) is 14.4 Å². The molecule has 1 atom stereocenters. The quantitative estimate of drug-likeness (QED) is 0.538. The summed E-state index contributed by atoms with van der Waals surface area (Å²) >= 11 is 7.02. The van der Waals surface area contributed by atoms with Crippen molar-refractivity contribution >= 4 is 42.8 Å². The van der Waals surface area contributed by atoms with Crippen molar-refractivity contribution in [1.29, 1.82) is 0 Å². The lowest BCUT2D eigenvalue weighted by molar-refractivity contribution is 0.402. The highest BCUT2D eigenvalue weighted by molar-refractivity contribution is 7.93. The first-order valence-electron chi connectivity index (χ1n) is 8.41. The molecule has 0 aliphatic heterocycles. The second-order valence-corrected chi connectivity index (χ2v) is 11.5. The molecule has 0 aliphatic carbocycles. The number of methoxy groups -OCH3 is 1. The fourth-order valence-electron chi connectivity index (χ4n) is 2.76. The molecule has 0 saturated heterocycles. The topological polar surface area (TPSA) is 89.5 Å². The van der Waals surface area contributed by atoms with E-state index in [-0.39, 0.29) is 26.4 Å². The van der Waals surface area contributed by atoms with Crippen LogP contribution in [0.2, 0.25) is 5.02 Å². The van der Waals surface area contributed by atoms with Crippen LogP contribution in [0.4, 0.5) is 0 Å². The Bertz CT molecular complexity index is 1180. The number of sulfonamides is 1. The van der Waals surface area contributed by atoms with Crippen LogP contribution in [0.25, 0.3) is 0 Å². The maximum atomic E-state index is 13.2. The summed E-state index contributed by atoms with van der Waals surface area (Å²) in [5.74, 6) is 0.110. The average Bonchev–Trinajstić information content (AvgIpc) is 3.24. The first-order valence-corrected chi connectivity index (χ1v) is 12.7. The molecule has 0 amide bonds. The maximum absolute atomic E-state index is 13.2. The molecule has 0 spiro atoms. The van der Waals surface area contributed by atoms with Crippen molar-refractivity contribution in [2.24, 2.45) is 0 Å². The highest BCUT2D eigenvalue weighted by atomic mass is 35.5. The predicted molar refractivity (Wildman–Crippen MR) is 114 cm³/mol. The summed E-state index contributed by atoms with van der Waals surface area (Å²) in [6, 6.07) is 15.8. The van der Waals surface area contributed by atoms with Gasteiger partial charge in [0.1, 0.15) is 20.1 Å². The average molecular weight is 472 g/mol. The molecule has 0 fully saturated rings. The van der Waals surface area contributed by atoms with Gasteiger partial charge in [0, 0.05) is 11.6 Å². The van der Waals surface area contributed by atoms with Crippen LogP contribution in [0.15, 0.2) is 75.1 Å². The molecule has 1 aromatic heterocycles. The van der Waals surface area contributed by atoms with Crippen molar-refractivity contribution in [3.8, 4) is 5.75 Å². The molecule has 0 radical (unpaired) electrons. The van der Waals surface area contributed by atoms with E-state index in [1.54, 1.807) is 41.8 Å². The van der Waals surface area contributed by atoms with Crippen molar-refractivity contribution in [2.75, 3.05) is 13.7 Å². The summed E-state index contributed by atoms with van der Waals surface area (Å²) in [6.07, 6.45) is 0. The van der Waals surface area contributed by atoms with E-state index in [4.69, 9.17) is 16.3 Å². The first kappa shape index (κ1) is 21.8. The highest BCUT2D eigenvalue weighted by Gasteiger charge is 2.32. The lowest BCUT2D eigenvalue weighted by atomic mass is 10.1. The first-order chi connectivity index (χ1) is 13.8. The maximum Gasteiger partial charge on any atom is 0.244 e. The summed E-state index contributed by atoms with van der Waals surface area (Å²) in [6.45, 7) is -0.345. The van der Waals surface area contributed by atoms with Gasteiger partial charge >= 0.3 is 0 Å². The van der Waals surface area contributed by atoms with Crippen LogP contribution in [-0.2, 0) is 19.9 Å². The normalized spacial score (nSPS) is 13.2. The van der Waals surface area contributed by atoms with E-state index in [1.165, 1.54) is 31.4 Å². The minimum atomic E-state index is -4.08. The zero-order valence-corrected chi connectivity index (χ0v) is 18.5. The molecule has 0 aliphatic rings. The Morgan fingerprint density at radius 2 is 1.76 bits per heavy atom. The molecule has 0 unspecified atom stereocenters. The van der Waals surface area contributed by atoms with Crippen molar-refractivity contribution in [3.63, 3.8) is 0 Å². The Hall–Kier alpha value is -1.91. The van der Waals surface area contributed by atoms with Gasteiger partial charge in [0.25, 0.3) is 0 Å². The van der Waals surface area contributed by atoms with E-state index in [9.17, 15) is 16.8 Å². The number of thiophene rings is 1. The SMILES string of the molecule is COc1ccc(Cl)cc1S(=O)(=O)NC[C@@H](c1ccccc1)S(=O)(=O)c1cccs1. The Morgan fingerprint density at radius 1 is 1.03 bits per heavy atom. The minimum absolute atomic E-state index is 0.110. The lowest BCUT2D eigenvalue weighted by Crippen LogP contribution is -2.32. The van der Waals surface area contributed by atoms with E-state index >= 15 is 0 Å². The summed E-state index contributed by atoms with van der Waals surface area (Å²) in [4.78, 5) is -0.159. The molecule has 10 heteroatoms. The number of hydrogen-bond donors (Lipinski definition) is 1. The van der Waals surface area contributed by atoms with Gasteiger partial charge in [0.15, 0.2) is 9.84 Å². The number of rotatable bonds is 8. The Labute approximate surface area is 179 Å². The summed E-state index contributed by atoms with van der Waals surface area (Å²) in [5, 5.41) is 0.787. The van der Waals surface area contributed by atoms with Gasteiger partial charge in [0.2, 0.25) is 10.0 Å². The predicted octanol–water partition coefficient (Wildman–Crippen LogP) is 3.90. The van der Waals surface area contributed by atoms with Crippen LogP contribution in [0.1, 0.15) is 10.8 Å². The number of halogens is 1. The van der Waals surface area contributed by atoms with Crippen LogP contribution in [0, 0.1) is 0 Å². The minimum Gasteiger partial charge on any atom is -0.495 e. The highest BCUT2D eigenvalue weighted by Crippen LogP contribution is 2.32. The fourth-order valence-corrected chi connectivity index (χ4v) is 7.21. The van der Waals surface area contributed by atoms with Crippen LogP contribution >= 0.6 is 22.9 Å². The molecule has 3 aromatic rings. The standard InChI is InChI=1S/C19H18ClNO5S3/c1-26-16-10-9-15(20)12-17(16)29(24,25)21-13-18(14-6-3-2-4-7-14)28(22,23)19-8-5-11-27-19/h2-12,18,21H,13H2,1H3/t18-/m0/s1. The monoisotopic (exact) mass is 471 g/mol.